The first-order valence-corrected chi connectivity index (χ1v) is 10.4. The Bertz CT molecular complexity index is 830. The second-order valence-electron chi connectivity index (χ2n) is 8.45. The number of aromatic nitrogens is 3. The molecule has 0 spiro atoms. The van der Waals surface area contributed by atoms with Gasteiger partial charge in [0.1, 0.15) is 0 Å². The summed E-state index contributed by atoms with van der Waals surface area (Å²) in [6.45, 7) is 8.22. The molecular weight excluding hydrogens is 350 g/mol. The molecule has 6 heteroatoms. The number of carbonyl (C=O) groups is 1. The van der Waals surface area contributed by atoms with Crippen molar-refractivity contribution < 1.29 is 4.79 Å². The molecule has 28 heavy (non-hydrogen) atoms. The van der Waals surface area contributed by atoms with Crippen molar-refractivity contribution in [3.05, 3.63) is 36.4 Å². The normalized spacial score (nSPS) is 22.4. The quantitative estimate of drug-likeness (QED) is 0.862. The number of nitrogens with zero attached hydrogens (tertiary/aromatic N) is 4. The van der Waals surface area contributed by atoms with Crippen LogP contribution in [0.4, 0.5) is 5.95 Å². The Morgan fingerprint density at radius 1 is 1.21 bits per heavy atom. The molecule has 2 aromatic rings. The molecule has 0 aromatic carbocycles. The van der Waals surface area contributed by atoms with Gasteiger partial charge in [-0.2, -0.15) is 0 Å². The highest BCUT2D eigenvalue weighted by Crippen LogP contribution is 2.38. The highest BCUT2D eigenvalue weighted by Gasteiger charge is 2.40. The number of hydrogen-bond donors (Lipinski definition) is 1. The van der Waals surface area contributed by atoms with Crippen molar-refractivity contribution in [2.45, 2.75) is 52.0 Å². The number of piperidine rings is 1. The van der Waals surface area contributed by atoms with Crippen LogP contribution in [0.2, 0.25) is 0 Å². The maximum absolute atomic E-state index is 12.2. The minimum absolute atomic E-state index is 0.242. The van der Waals surface area contributed by atoms with E-state index in [2.05, 4.69) is 41.0 Å². The van der Waals surface area contributed by atoms with E-state index in [9.17, 15) is 4.79 Å². The van der Waals surface area contributed by atoms with E-state index in [1.165, 1.54) is 0 Å². The number of pyridine rings is 1. The number of anilines is 1. The molecule has 1 aliphatic heterocycles. The summed E-state index contributed by atoms with van der Waals surface area (Å²) in [4.78, 5) is 28.1. The molecular formula is C22H29N5O. The van der Waals surface area contributed by atoms with E-state index < -0.39 is 0 Å². The second-order valence-corrected chi connectivity index (χ2v) is 8.45. The molecule has 2 aromatic heterocycles. The molecule has 1 saturated heterocycles. The average molecular weight is 380 g/mol. The first-order chi connectivity index (χ1) is 13.5. The zero-order chi connectivity index (χ0) is 19.7. The van der Waals surface area contributed by atoms with Gasteiger partial charge in [-0.1, -0.05) is 20.8 Å². The maximum atomic E-state index is 12.2. The summed E-state index contributed by atoms with van der Waals surface area (Å²) in [5, 5.41) is 3.23. The van der Waals surface area contributed by atoms with E-state index in [4.69, 9.17) is 4.98 Å². The van der Waals surface area contributed by atoms with Gasteiger partial charge < -0.3 is 10.2 Å². The van der Waals surface area contributed by atoms with Crippen LogP contribution in [-0.4, -0.2) is 40.0 Å². The van der Waals surface area contributed by atoms with E-state index in [0.29, 0.717) is 11.8 Å². The predicted octanol–water partition coefficient (Wildman–Crippen LogP) is 3.40. The van der Waals surface area contributed by atoms with Crippen molar-refractivity contribution >= 4 is 11.9 Å². The van der Waals surface area contributed by atoms with Crippen LogP contribution in [0, 0.1) is 11.8 Å². The molecule has 4 rings (SSSR count). The molecule has 1 saturated carbocycles. The third-order valence-electron chi connectivity index (χ3n) is 5.91. The van der Waals surface area contributed by atoms with E-state index in [1.54, 1.807) is 12.4 Å². The predicted molar refractivity (Wildman–Crippen MR) is 110 cm³/mol. The standard InChI is InChI=1S/C22H29N5O/c1-14(2)20-19(16-4-8-23-9-5-16)13-24-22(26-20)27-10-6-17(7-11-27)25-21(28)18-12-15(18)3/h4-5,8-9,13-15,17-18H,6-7,10-12H2,1-3H3,(H,25,28)/t15-,18+/m0/s1. The minimum atomic E-state index is 0.242. The molecule has 0 unspecified atom stereocenters. The fourth-order valence-corrected chi connectivity index (χ4v) is 3.95. The molecule has 6 nitrogen and oxygen atoms in total. The lowest BCUT2D eigenvalue weighted by Gasteiger charge is -2.33. The third kappa shape index (κ3) is 4.01. The van der Waals surface area contributed by atoms with Crippen LogP contribution in [-0.2, 0) is 4.79 Å². The Labute approximate surface area is 166 Å². The SMILES string of the molecule is CC(C)c1nc(N2CCC(NC(=O)[C@@H]3C[C@@H]3C)CC2)ncc1-c1ccncc1. The Morgan fingerprint density at radius 3 is 2.50 bits per heavy atom. The lowest BCUT2D eigenvalue weighted by atomic mass is 10.00. The van der Waals surface area contributed by atoms with E-state index >= 15 is 0 Å². The van der Waals surface area contributed by atoms with Gasteiger partial charge in [0, 0.05) is 49.2 Å². The second kappa shape index (κ2) is 7.86. The summed E-state index contributed by atoms with van der Waals surface area (Å²) in [5.41, 5.74) is 3.23. The van der Waals surface area contributed by atoms with Crippen LogP contribution in [0.1, 0.15) is 51.6 Å². The average Bonchev–Trinajstić information content (AvgIpc) is 3.45. The van der Waals surface area contributed by atoms with Crippen molar-refractivity contribution in [2.24, 2.45) is 11.8 Å². The molecule has 0 bridgehead atoms. The molecule has 2 fully saturated rings. The molecule has 148 valence electrons. The van der Waals surface area contributed by atoms with Crippen LogP contribution in [0.5, 0.6) is 0 Å². The molecule has 1 amide bonds. The molecule has 2 atom stereocenters. The van der Waals surface area contributed by atoms with Gasteiger partial charge >= 0.3 is 0 Å². The summed E-state index contributed by atoms with van der Waals surface area (Å²) >= 11 is 0. The number of amides is 1. The largest absolute Gasteiger partial charge is 0.353 e. The van der Waals surface area contributed by atoms with Gasteiger partial charge in [-0.05, 0) is 48.8 Å². The van der Waals surface area contributed by atoms with E-state index in [1.807, 2.05) is 18.3 Å². The maximum Gasteiger partial charge on any atom is 0.225 e. The monoisotopic (exact) mass is 379 g/mol. The van der Waals surface area contributed by atoms with Gasteiger partial charge in [-0.3, -0.25) is 9.78 Å². The lowest BCUT2D eigenvalue weighted by Crippen LogP contribution is -2.45. The Hall–Kier alpha value is -2.50. The topological polar surface area (TPSA) is 71.0 Å². The van der Waals surface area contributed by atoms with Crippen LogP contribution >= 0.6 is 0 Å². The fraction of sp³-hybridized carbons (Fsp3) is 0.545. The van der Waals surface area contributed by atoms with Crippen molar-refractivity contribution in [2.75, 3.05) is 18.0 Å². The van der Waals surface area contributed by atoms with Gasteiger partial charge in [0.15, 0.2) is 0 Å². The summed E-state index contributed by atoms with van der Waals surface area (Å²) in [6.07, 6.45) is 8.47. The first kappa shape index (κ1) is 18.8. The summed E-state index contributed by atoms with van der Waals surface area (Å²) in [5.74, 6) is 2.15. The van der Waals surface area contributed by atoms with E-state index in [-0.39, 0.29) is 17.9 Å². The van der Waals surface area contributed by atoms with Gasteiger partial charge in [0.2, 0.25) is 11.9 Å². The Balaban J connectivity index is 1.43. The molecule has 0 radical (unpaired) electrons. The van der Waals surface area contributed by atoms with Crippen molar-refractivity contribution in [1.29, 1.82) is 0 Å². The van der Waals surface area contributed by atoms with Crippen LogP contribution < -0.4 is 10.2 Å². The molecule has 1 N–H and O–H groups in total. The van der Waals surface area contributed by atoms with Crippen LogP contribution in [0.15, 0.2) is 30.7 Å². The van der Waals surface area contributed by atoms with Gasteiger partial charge in [-0.25, -0.2) is 9.97 Å². The minimum Gasteiger partial charge on any atom is -0.353 e. The smallest absolute Gasteiger partial charge is 0.225 e. The fourth-order valence-electron chi connectivity index (χ4n) is 3.95. The number of hydrogen-bond acceptors (Lipinski definition) is 5. The van der Waals surface area contributed by atoms with Crippen molar-refractivity contribution in [3.63, 3.8) is 0 Å². The van der Waals surface area contributed by atoms with E-state index in [0.717, 1.165) is 55.1 Å². The highest BCUT2D eigenvalue weighted by atomic mass is 16.2. The number of rotatable bonds is 5. The molecule has 2 aliphatic rings. The summed E-state index contributed by atoms with van der Waals surface area (Å²) < 4.78 is 0. The zero-order valence-corrected chi connectivity index (χ0v) is 16.9. The number of nitrogens with one attached hydrogen (secondary N) is 1. The Kier molecular flexibility index (Phi) is 5.29. The van der Waals surface area contributed by atoms with Crippen LogP contribution in [0.3, 0.4) is 0 Å². The van der Waals surface area contributed by atoms with Gasteiger partial charge in [-0.15, -0.1) is 0 Å². The van der Waals surface area contributed by atoms with Crippen molar-refractivity contribution in [3.8, 4) is 11.1 Å². The zero-order valence-electron chi connectivity index (χ0n) is 16.9. The van der Waals surface area contributed by atoms with Gasteiger partial charge in [0.25, 0.3) is 0 Å². The highest BCUT2D eigenvalue weighted by molar-refractivity contribution is 5.81. The summed E-state index contributed by atoms with van der Waals surface area (Å²) in [7, 11) is 0. The third-order valence-corrected chi connectivity index (χ3v) is 5.91. The van der Waals surface area contributed by atoms with Gasteiger partial charge in [0.05, 0.1) is 5.69 Å². The first-order valence-electron chi connectivity index (χ1n) is 10.4. The van der Waals surface area contributed by atoms with Crippen LogP contribution in [0.25, 0.3) is 11.1 Å². The summed E-state index contributed by atoms with van der Waals surface area (Å²) in [6, 6.07) is 4.27. The number of carbonyl (C=O) groups excluding carboxylic acids is 1. The molecule has 3 heterocycles. The van der Waals surface area contributed by atoms with Crippen molar-refractivity contribution in [1.82, 2.24) is 20.3 Å². The molecule has 1 aliphatic carbocycles. The lowest BCUT2D eigenvalue weighted by molar-refractivity contribution is -0.123. The Morgan fingerprint density at radius 2 is 1.89 bits per heavy atom.